The number of aromatic nitrogens is 1. The van der Waals surface area contributed by atoms with E-state index in [-0.39, 0.29) is 24.1 Å². The highest BCUT2D eigenvalue weighted by Gasteiger charge is 2.12. The van der Waals surface area contributed by atoms with E-state index in [1.807, 2.05) is 30.3 Å². The predicted molar refractivity (Wildman–Crippen MR) is 58.9 cm³/mol. The molecule has 0 aliphatic rings. The molecule has 1 aromatic carbocycles. The second-order valence-electron chi connectivity index (χ2n) is 3.33. The molecule has 1 aromatic heterocycles. The first-order valence-electron chi connectivity index (χ1n) is 4.75. The lowest BCUT2D eigenvalue weighted by Gasteiger charge is -2.08. The minimum absolute atomic E-state index is 0.0746. The van der Waals surface area contributed by atoms with Crippen LogP contribution >= 0.6 is 0 Å². The molecule has 0 aliphatic heterocycles. The van der Waals surface area contributed by atoms with Gasteiger partial charge in [-0.05, 0) is 5.56 Å². The Morgan fingerprint density at radius 3 is 2.44 bits per heavy atom. The lowest BCUT2D eigenvalue weighted by molar-refractivity contribution is 0.0647. The van der Waals surface area contributed by atoms with E-state index in [4.69, 9.17) is 10.6 Å². The third-order valence-corrected chi connectivity index (χ3v) is 2.15. The van der Waals surface area contributed by atoms with E-state index < -0.39 is 0 Å². The van der Waals surface area contributed by atoms with Crippen LogP contribution in [0.15, 0.2) is 36.4 Å². The molecule has 0 aliphatic carbocycles. The van der Waals surface area contributed by atoms with Gasteiger partial charge in [-0.1, -0.05) is 30.3 Å². The van der Waals surface area contributed by atoms with E-state index in [9.17, 15) is 10.2 Å². The van der Waals surface area contributed by atoms with Crippen molar-refractivity contribution < 1.29 is 15.1 Å². The third kappa shape index (κ3) is 1.88. The van der Waals surface area contributed by atoms with Crippen LogP contribution in [0.2, 0.25) is 0 Å². The van der Waals surface area contributed by atoms with Crippen molar-refractivity contribution >= 4 is 5.69 Å². The molecule has 0 saturated carbocycles. The number of nitrogen functional groups attached to an aromatic ring is 1. The SMILES string of the molecule is Nc1cc(O)n(OCc2ccccc2)c1O. The summed E-state index contributed by atoms with van der Waals surface area (Å²) in [6, 6.07) is 10.6. The van der Waals surface area contributed by atoms with Gasteiger partial charge in [-0.25, -0.2) is 0 Å². The minimum atomic E-state index is -0.298. The Bertz CT molecular complexity index is 479. The number of nitrogens with zero attached hydrogens (tertiary/aromatic N) is 1. The zero-order chi connectivity index (χ0) is 11.5. The summed E-state index contributed by atoms with van der Waals surface area (Å²) < 4.78 is 0.891. The molecule has 0 unspecified atom stereocenters. The monoisotopic (exact) mass is 220 g/mol. The van der Waals surface area contributed by atoms with Crippen molar-refractivity contribution in [3.05, 3.63) is 42.0 Å². The molecule has 0 bridgehead atoms. The average molecular weight is 220 g/mol. The van der Waals surface area contributed by atoms with Gasteiger partial charge in [0.25, 0.3) is 5.88 Å². The van der Waals surface area contributed by atoms with Crippen LogP contribution in [0.25, 0.3) is 0 Å². The topological polar surface area (TPSA) is 80.6 Å². The molecule has 0 radical (unpaired) electrons. The van der Waals surface area contributed by atoms with Gasteiger partial charge in [-0.3, -0.25) is 0 Å². The Balaban J connectivity index is 2.11. The number of rotatable bonds is 3. The predicted octanol–water partition coefficient (Wildman–Crippen LogP) is 1.11. The van der Waals surface area contributed by atoms with E-state index in [0.717, 1.165) is 10.3 Å². The first kappa shape index (κ1) is 10.2. The Kier molecular flexibility index (Phi) is 2.59. The highest BCUT2D eigenvalue weighted by Crippen LogP contribution is 2.28. The summed E-state index contributed by atoms with van der Waals surface area (Å²) in [5.74, 6) is -0.528. The van der Waals surface area contributed by atoms with Crippen LogP contribution in [0.3, 0.4) is 0 Å². The quantitative estimate of drug-likeness (QED) is 0.723. The van der Waals surface area contributed by atoms with Gasteiger partial charge in [0, 0.05) is 6.07 Å². The van der Waals surface area contributed by atoms with Crippen molar-refractivity contribution in [1.29, 1.82) is 0 Å². The van der Waals surface area contributed by atoms with Gasteiger partial charge in [0.2, 0.25) is 5.88 Å². The summed E-state index contributed by atoms with van der Waals surface area (Å²) >= 11 is 0. The normalized spacial score (nSPS) is 10.2. The van der Waals surface area contributed by atoms with Gasteiger partial charge in [0.05, 0.1) is 0 Å². The van der Waals surface area contributed by atoms with Crippen LogP contribution in [-0.4, -0.2) is 14.9 Å². The largest absolute Gasteiger partial charge is 0.492 e. The van der Waals surface area contributed by atoms with Crippen LogP contribution in [0.5, 0.6) is 11.8 Å². The van der Waals surface area contributed by atoms with Crippen molar-refractivity contribution in [2.75, 3.05) is 5.73 Å². The van der Waals surface area contributed by atoms with Gasteiger partial charge in [-0.2, -0.15) is 0 Å². The molecule has 0 spiro atoms. The maximum Gasteiger partial charge on any atom is 0.252 e. The number of hydrogen-bond acceptors (Lipinski definition) is 4. The van der Waals surface area contributed by atoms with Crippen molar-refractivity contribution in [3.63, 3.8) is 0 Å². The Labute approximate surface area is 92.3 Å². The van der Waals surface area contributed by atoms with E-state index >= 15 is 0 Å². The summed E-state index contributed by atoms with van der Waals surface area (Å²) in [7, 11) is 0. The second-order valence-corrected chi connectivity index (χ2v) is 3.33. The van der Waals surface area contributed by atoms with Crippen molar-refractivity contribution in [2.45, 2.75) is 6.61 Å². The third-order valence-electron chi connectivity index (χ3n) is 2.15. The van der Waals surface area contributed by atoms with Crippen molar-refractivity contribution in [2.24, 2.45) is 0 Å². The number of nitrogens with two attached hydrogens (primary N) is 1. The standard InChI is InChI=1S/C11H12N2O3/c12-9-6-10(14)13(11(9)15)16-7-8-4-2-1-3-5-8/h1-6,14-15H,7,12H2. The Morgan fingerprint density at radius 1 is 1.19 bits per heavy atom. The number of benzene rings is 1. The van der Waals surface area contributed by atoms with Crippen LogP contribution < -0.4 is 10.6 Å². The summed E-state index contributed by atoms with van der Waals surface area (Å²) in [6.07, 6.45) is 0. The molecule has 4 N–H and O–H groups in total. The van der Waals surface area contributed by atoms with E-state index in [0.29, 0.717) is 0 Å². The van der Waals surface area contributed by atoms with Gasteiger partial charge in [0.15, 0.2) is 0 Å². The first-order valence-corrected chi connectivity index (χ1v) is 4.75. The second kappa shape index (κ2) is 4.06. The van der Waals surface area contributed by atoms with E-state index in [1.165, 1.54) is 6.07 Å². The van der Waals surface area contributed by atoms with Crippen molar-refractivity contribution in [3.8, 4) is 11.8 Å². The fourth-order valence-corrected chi connectivity index (χ4v) is 1.33. The summed E-state index contributed by atoms with van der Waals surface area (Å²) in [5.41, 5.74) is 6.40. The average Bonchev–Trinajstić information content (AvgIpc) is 2.53. The van der Waals surface area contributed by atoms with Gasteiger partial charge in [-0.15, -0.1) is 4.73 Å². The molecule has 2 aromatic rings. The molecule has 0 amide bonds. The molecule has 16 heavy (non-hydrogen) atoms. The zero-order valence-corrected chi connectivity index (χ0v) is 8.50. The molecule has 1 heterocycles. The minimum Gasteiger partial charge on any atom is -0.492 e. The molecule has 2 rings (SSSR count). The molecule has 84 valence electrons. The molecule has 0 saturated heterocycles. The number of hydrogen-bond donors (Lipinski definition) is 3. The molecular weight excluding hydrogens is 208 g/mol. The van der Waals surface area contributed by atoms with Gasteiger partial charge < -0.3 is 20.8 Å². The smallest absolute Gasteiger partial charge is 0.252 e. The number of aromatic hydroxyl groups is 2. The van der Waals surface area contributed by atoms with Gasteiger partial charge in [0.1, 0.15) is 12.3 Å². The summed E-state index contributed by atoms with van der Waals surface area (Å²) in [5, 5.41) is 18.8. The number of anilines is 1. The molecule has 0 fully saturated rings. The Morgan fingerprint density at radius 2 is 1.88 bits per heavy atom. The molecule has 5 heteroatoms. The lowest BCUT2D eigenvalue weighted by atomic mass is 10.2. The van der Waals surface area contributed by atoms with Gasteiger partial charge >= 0.3 is 0 Å². The Hall–Kier alpha value is -2.30. The highest BCUT2D eigenvalue weighted by molar-refractivity contribution is 5.52. The maximum absolute atomic E-state index is 9.45. The lowest BCUT2D eigenvalue weighted by Crippen LogP contribution is -2.10. The van der Waals surface area contributed by atoms with Crippen LogP contribution in [0.4, 0.5) is 5.69 Å². The van der Waals surface area contributed by atoms with Crippen molar-refractivity contribution in [1.82, 2.24) is 4.73 Å². The first-order chi connectivity index (χ1) is 7.68. The molecule has 5 nitrogen and oxygen atoms in total. The summed E-state index contributed by atoms with van der Waals surface area (Å²) in [6.45, 7) is 0.232. The highest BCUT2D eigenvalue weighted by atomic mass is 16.7. The van der Waals surface area contributed by atoms with Crippen LogP contribution in [0.1, 0.15) is 5.56 Å². The fraction of sp³-hybridized carbons (Fsp3) is 0.0909. The molecular formula is C11H12N2O3. The van der Waals surface area contributed by atoms with E-state index in [2.05, 4.69) is 0 Å². The maximum atomic E-state index is 9.45. The van der Waals surface area contributed by atoms with Crippen LogP contribution in [-0.2, 0) is 6.61 Å². The molecule has 0 atom stereocenters. The fourth-order valence-electron chi connectivity index (χ4n) is 1.33. The van der Waals surface area contributed by atoms with Crippen LogP contribution in [0, 0.1) is 0 Å². The summed E-state index contributed by atoms with van der Waals surface area (Å²) in [4.78, 5) is 5.21. The zero-order valence-electron chi connectivity index (χ0n) is 8.50. The van der Waals surface area contributed by atoms with E-state index in [1.54, 1.807) is 0 Å².